The van der Waals surface area contributed by atoms with Gasteiger partial charge in [0.15, 0.2) is 5.78 Å². The van der Waals surface area contributed by atoms with Crippen molar-refractivity contribution in [2.24, 2.45) is 0 Å². The first-order chi connectivity index (χ1) is 18.6. The van der Waals surface area contributed by atoms with Gasteiger partial charge >= 0.3 is 0 Å². The van der Waals surface area contributed by atoms with Gasteiger partial charge < -0.3 is 10.1 Å². The summed E-state index contributed by atoms with van der Waals surface area (Å²) in [5.41, 5.74) is 4.34. The van der Waals surface area contributed by atoms with Crippen LogP contribution in [0.2, 0.25) is 0 Å². The van der Waals surface area contributed by atoms with Crippen molar-refractivity contribution < 1.29 is 14.3 Å². The van der Waals surface area contributed by atoms with Crippen molar-refractivity contribution in [1.82, 2.24) is 10.2 Å². The monoisotopic (exact) mass is 498 g/mol. The molecule has 1 aromatic heterocycles. The number of benzene rings is 4. The zero-order chi connectivity index (χ0) is 26.5. The molecule has 0 aliphatic heterocycles. The van der Waals surface area contributed by atoms with E-state index >= 15 is 0 Å². The average Bonchev–Trinajstić information content (AvgIpc) is 3.38. The molecule has 0 bridgehead atoms. The number of nitriles is 1. The lowest BCUT2D eigenvalue weighted by atomic mass is 10.0. The number of ether oxygens (including phenoxy) is 1. The minimum atomic E-state index is -0.472. The zero-order valence-corrected chi connectivity index (χ0v) is 20.4. The third kappa shape index (κ3) is 5.06. The van der Waals surface area contributed by atoms with E-state index in [1.54, 1.807) is 42.5 Å². The highest BCUT2D eigenvalue weighted by atomic mass is 16.5. The second kappa shape index (κ2) is 10.6. The van der Waals surface area contributed by atoms with Crippen molar-refractivity contribution in [2.75, 3.05) is 12.4 Å². The van der Waals surface area contributed by atoms with Crippen LogP contribution in [-0.4, -0.2) is 29.0 Å². The summed E-state index contributed by atoms with van der Waals surface area (Å²) in [6, 6.07) is 28.7. The SMILES string of the molecule is COc1ccc(C#N)c(C(=O)Nc2cccc(C(=O)c3ccc4c(/C=C/c5ccccc5)n[nH]c4c3)c2)c1. The predicted molar refractivity (Wildman–Crippen MR) is 147 cm³/mol. The lowest BCUT2D eigenvalue weighted by molar-refractivity contribution is 0.102. The molecular formula is C31H22N4O3. The van der Waals surface area contributed by atoms with Gasteiger partial charge in [0.1, 0.15) is 5.75 Å². The molecule has 0 aliphatic rings. The first kappa shape index (κ1) is 24.2. The Labute approximate surface area is 219 Å². The Bertz CT molecular complexity index is 1730. The maximum absolute atomic E-state index is 13.3. The number of anilines is 1. The summed E-state index contributed by atoms with van der Waals surface area (Å²) in [6.45, 7) is 0. The predicted octanol–water partition coefficient (Wildman–Crippen LogP) is 6.10. The number of hydrogen-bond acceptors (Lipinski definition) is 5. The maximum atomic E-state index is 13.3. The summed E-state index contributed by atoms with van der Waals surface area (Å²) in [6.07, 6.45) is 3.92. The fourth-order valence-corrected chi connectivity index (χ4v) is 4.09. The van der Waals surface area contributed by atoms with Gasteiger partial charge in [-0.2, -0.15) is 10.4 Å². The van der Waals surface area contributed by atoms with E-state index in [0.717, 1.165) is 22.2 Å². The van der Waals surface area contributed by atoms with Gasteiger partial charge in [0, 0.05) is 22.2 Å². The molecule has 0 radical (unpaired) electrons. The van der Waals surface area contributed by atoms with Crippen molar-refractivity contribution in [3.63, 3.8) is 0 Å². The van der Waals surface area contributed by atoms with Crippen LogP contribution < -0.4 is 10.1 Å². The quantitative estimate of drug-likeness (QED) is 0.264. The Morgan fingerprint density at radius 2 is 1.74 bits per heavy atom. The second-order valence-corrected chi connectivity index (χ2v) is 8.50. The van der Waals surface area contributed by atoms with Crippen molar-refractivity contribution in [2.45, 2.75) is 0 Å². The van der Waals surface area contributed by atoms with Crippen molar-refractivity contribution >= 4 is 40.4 Å². The third-order valence-electron chi connectivity index (χ3n) is 6.06. The van der Waals surface area contributed by atoms with Crippen LogP contribution in [0, 0.1) is 11.3 Å². The van der Waals surface area contributed by atoms with Crippen LogP contribution in [0.4, 0.5) is 5.69 Å². The Morgan fingerprint density at radius 1 is 0.921 bits per heavy atom. The molecule has 38 heavy (non-hydrogen) atoms. The van der Waals surface area contributed by atoms with E-state index in [9.17, 15) is 14.9 Å². The van der Waals surface area contributed by atoms with Gasteiger partial charge in [0.05, 0.1) is 35.5 Å². The largest absolute Gasteiger partial charge is 0.497 e. The van der Waals surface area contributed by atoms with Crippen LogP contribution in [0.25, 0.3) is 23.1 Å². The lowest BCUT2D eigenvalue weighted by Gasteiger charge is -2.10. The van der Waals surface area contributed by atoms with Gasteiger partial charge in [0.2, 0.25) is 0 Å². The highest BCUT2D eigenvalue weighted by molar-refractivity contribution is 6.12. The minimum absolute atomic E-state index is 0.186. The number of carbonyl (C=O) groups excluding carboxylic acids is 2. The molecule has 5 aromatic rings. The standard InChI is InChI=1S/C31H22N4O3/c1-38-25-13-11-23(19-32)27(18-25)31(37)33-24-9-5-8-21(16-24)30(36)22-12-14-26-28(34-35-29(26)17-22)15-10-20-6-3-2-4-7-20/h2-18H,1H3,(H,33,37)(H,34,35)/b15-10+. The van der Waals surface area contributed by atoms with Crippen LogP contribution in [0.5, 0.6) is 5.75 Å². The molecule has 2 N–H and O–H groups in total. The van der Waals surface area contributed by atoms with Gasteiger partial charge in [-0.25, -0.2) is 0 Å². The van der Waals surface area contributed by atoms with E-state index in [1.165, 1.54) is 19.2 Å². The molecule has 0 aliphatic carbocycles. The third-order valence-corrected chi connectivity index (χ3v) is 6.06. The number of fused-ring (bicyclic) bond motifs is 1. The van der Waals surface area contributed by atoms with Crippen molar-refractivity contribution in [3.8, 4) is 11.8 Å². The molecule has 0 saturated carbocycles. The van der Waals surface area contributed by atoms with Gasteiger partial charge in [-0.15, -0.1) is 0 Å². The fraction of sp³-hybridized carbons (Fsp3) is 0.0323. The Balaban J connectivity index is 1.36. The fourth-order valence-electron chi connectivity index (χ4n) is 4.09. The number of hydrogen-bond donors (Lipinski definition) is 2. The normalized spacial score (nSPS) is 10.8. The number of nitrogens with zero attached hydrogens (tertiary/aromatic N) is 2. The van der Waals surface area contributed by atoms with Crippen LogP contribution in [0.3, 0.4) is 0 Å². The lowest BCUT2D eigenvalue weighted by Crippen LogP contribution is -2.14. The van der Waals surface area contributed by atoms with E-state index < -0.39 is 5.91 Å². The number of nitrogens with one attached hydrogen (secondary N) is 2. The van der Waals surface area contributed by atoms with Crippen LogP contribution in [-0.2, 0) is 0 Å². The number of H-pyrrole nitrogens is 1. The summed E-state index contributed by atoms with van der Waals surface area (Å²) in [5.74, 6) is -0.205. The summed E-state index contributed by atoms with van der Waals surface area (Å²) < 4.78 is 5.18. The molecule has 7 nitrogen and oxygen atoms in total. The van der Waals surface area contributed by atoms with E-state index in [2.05, 4.69) is 15.5 Å². The molecule has 7 heteroatoms. The van der Waals surface area contributed by atoms with E-state index in [1.807, 2.05) is 54.6 Å². The molecule has 1 heterocycles. The number of amides is 1. The highest BCUT2D eigenvalue weighted by Gasteiger charge is 2.16. The molecular weight excluding hydrogens is 476 g/mol. The summed E-state index contributed by atoms with van der Waals surface area (Å²) >= 11 is 0. The minimum Gasteiger partial charge on any atom is -0.497 e. The molecule has 0 fully saturated rings. The van der Waals surface area contributed by atoms with Gasteiger partial charge in [-0.3, -0.25) is 14.7 Å². The van der Waals surface area contributed by atoms with E-state index in [0.29, 0.717) is 22.6 Å². The number of aromatic nitrogens is 2. The molecule has 184 valence electrons. The number of ketones is 1. The van der Waals surface area contributed by atoms with E-state index in [4.69, 9.17) is 4.74 Å². The van der Waals surface area contributed by atoms with Gasteiger partial charge in [0.25, 0.3) is 5.91 Å². The molecule has 4 aromatic carbocycles. The maximum Gasteiger partial charge on any atom is 0.257 e. The topological polar surface area (TPSA) is 108 Å². The highest BCUT2D eigenvalue weighted by Crippen LogP contribution is 2.23. The van der Waals surface area contributed by atoms with Crippen molar-refractivity contribution in [1.29, 1.82) is 5.26 Å². The molecule has 0 unspecified atom stereocenters. The molecule has 1 amide bonds. The van der Waals surface area contributed by atoms with Gasteiger partial charge in [-0.1, -0.05) is 54.6 Å². The summed E-state index contributed by atoms with van der Waals surface area (Å²) in [4.78, 5) is 26.2. The molecule has 0 atom stereocenters. The van der Waals surface area contributed by atoms with Crippen LogP contribution in [0.1, 0.15) is 43.1 Å². The number of methoxy groups -OCH3 is 1. The number of carbonyl (C=O) groups is 2. The van der Waals surface area contributed by atoms with E-state index in [-0.39, 0.29) is 16.9 Å². The Kier molecular flexibility index (Phi) is 6.79. The average molecular weight is 499 g/mol. The smallest absolute Gasteiger partial charge is 0.257 e. The Morgan fingerprint density at radius 3 is 2.53 bits per heavy atom. The molecule has 5 rings (SSSR count). The molecule has 0 saturated heterocycles. The Hall–Kier alpha value is -5.48. The van der Waals surface area contributed by atoms with Crippen molar-refractivity contribution in [3.05, 3.63) is 125 Å². The first-order valence-corrected chi connectivity index (χ1v) is 11.8. The summed E-state index contributed by atoms with van der Waals surface area (Å²) in [7, 11) is 1.49. The van der Waals surface area contributed by atoms with Crippen LogP contribution >= 0.6 is 0 Å². The van der Waals surface area contributed by atoms with Crippen LogP contribution in [0.15, 0.2) is 91.0 Å². The zero-order valence-electron chi connectivity index (χ0n) is 20.4. The molecule has 0 spiro atoms. The number of rotatable bonds is 7. The number of aromatic amines is 1. The first-order valence-electron chi connectivity index (χ1n) is 11.8. The van der Waals surface area contributed by atoms with Gasteiger partial charge in [-0.05, 0) is 54.1 Å². The summed E-state index contributed by atoms with van der Waals surface area (Å²) in [5, 5.41) is 20.4. The second-order valence-electron chi connectivity index (χ2n) is 8.50.